The largest absolute Gasteiger partial charge is 0.415 e. The van der Waals surface area contributed by atoms with Crippen LogP contribution >= 0.6 is 0 Å². The molecule has 0 aliphatic carbocycles. The number of esters is 1. The molecule has 62 valence electrons. The standard InChI is InChI=1S/C7H11NO3/c1-4(2)7(3)5(9)11-6(10)8-7/h4H,1-3H3,(H,8,10). The van der Waals surface area contributed by atoms with E-state index in [1.165, 1.54) is 0 Å². The second kappa shape index (κ2) is 2.22. The van der Waals surface area contributed by atoms with Crippen LogP contribution in [0.2, 0.25) is 0 Å². The first-order valence-corrected chi connectivity index (χ1v) is 3.51. The van der Waals surface area contributed by atoms with E-state index in [-0.39, 0.29) is 5.92 Å². The predicted molar refractivity (Wildman–Crippen MR) is 37.9 cm³/mol. The summed E-state index contributed by atoms with van der Waals surface area (Å²) in [6.07, 6.45) is -0.647. The first-order chi connectivity index (χ1) is 4.97. The molecule has 11 heavy (non-hydrogen) atoms. The molecule has 1 atom stereocenters. The van der Waals surface area contributed by atoms with Crippen molar-refractivity contribution in [2.24, 2.45) is 5.92 Å². The van der Waals surface area contributed by atoms with Gasteiger partial charge in [-0.1, -0.05) is 13.8 Å². The number of ether oxygens (including phenoxy) is 1. The lowest BCUT2D eigenvalue weighted by Crippen LogP contribution is -2.47. The van der Waals surface area contributed by atoms with Crippen LogP contribution in [0.5, 0.6) is 0 Å². The number of nitrogens with one attached hydrogen (secondary N) is 1. The van der Waals surface area contributed by atoms with Gasteiger partial charge in [-0.05, 0) is 12.8 Å². The Morgan fingerprint density at radius 1 is 1.45 bits per heavy atom. The number of alkyl carbamates (subject to hydrolysis) is 1. The quantitative estimate of drug-likeness (QED) is 0.449. The first-order valence-electron chi connectivity index (χ1n) is 3.51. The van der Waals surface area contributed by atoms with Crippen molar-refractivity contribution in [3.05, 3.63) is 0 Å². The Balaban J connectivity index is 2.87. The summed E-state index contributed by atoms with van der Waals surface area (Å²) in [7, 11) is 0. The van der Waals surface area contributed by atoms with E-state index >= 15 is 0 Å². The summed E-state index contributed by atoms with van der Waals surface area (Å²) in [5.74, 6) is -0.445. The fourth-order valence-electron chi connectivity index (χ4n) is 0.859. The number of carbonyl (C=O) groups excluding carboxylic acids is 2. The normalized spacial score (nSPS) is 30.5. The second-order valence-electron chi connectivity index (χ2n) is 3.16. The minimum Gasteiger partial charge on any atom is -0.374 e. The molecule has 1 rings (SSSR count). The number of hydrogen-bond donors (Lipinski definition) is 1. The lowest BCUT2D eigenvalue weighted by Gasteiger charge is -2.22. The van der Waals surface area contributed by atoms with Crippen molar-refractivity contribution in [1.82, 2.24) is 5.32 Å². The van der Waals surface area contributed by atoms with Crippen LogP contribution < -0.4 is 5.32 Å². The molecular formula is C7H11NO3. The van der Waals surface area contributed by atoms with E-state index in [2.05, 4.69) is 10.1 Å². The van der Waals surface area contributed by atoms with Crippen molar-refractivity contribution in [1.29, 1.82) is 0 Å². The van der Waals surface area contributed by atoms with Crippen molar-refractivity contribution in [3.8, 4) is 0 Å². The zero-order valence-corrected chi connectivity index (χ0v) is 6.80. The van der Waals surface area contributed by atoms with Crippen LogP contribution in [0.4, 0.5) is 4.79 Å². The summed E-state index contributed by atoms with van der Waals surface area (Å²) < 4.78 is 4.35. The maximum absolute atomic E-state index is 11.0. The van der Waals surface area contributed by atoms with Crippen LogP contribution in [0.15, 0.2) is 0 Å². The summed E-state index contributed by atoms with van der Waals surface area (Å²) in [6.45, 7) is 5.37. The third-order valence-corrected chi connectivity index (χ3v) is 2.13. The Morgan fingerprint density at radius 3 is 2.18 bits per heavy atom. The van der Waals surface area contributed by atoms with Gasteiger partial charge in [-0.15, -0.1) is 0 Å². The van der Waals surface area contributed by atoms with Crippen molar-refractivity contribution in [2.45, 2.75) is 26.3 Å². The van der Waals surface area contributed by atoms with Gasteiger partial charge in [0, 0.05) is 0 Å². The third-order valence-electron chi connectivity index (χ3n) is 2.13. The maximum atomic E-state index is 11.0. The summed E-state index contributed by atoms with van der Waals surface area (Å²) in [5, 5.41) is 2.47. The molecule has 0 aromatic heterocycles. The average Bonchev–Trinajstić information content (AvgIpc) is 2.08. The summed E-state index contributed by atoms with van der Waals surface area (Å²) in [4.78, 5) is 21.7. The van der Waals surface area contributed by atoms with E-state index < -0.39 is 17.6 Å². The number of cyclic esters (lactones) is 2. The number of carbonyl (C=O) groups is 2. The van der Waals surface area contributed by atoms with Crippen LogP contribution in [0.1, 0.15) is 20.8 Å². The summed E-state index contributed by atoms with van der Waals surface area (Å²) in [6, 6.07) is 0. The van der Waals surface area contributed by atoms with E-state index in [9.17, 15) is 9.59 Å². The number of hydrogen-bond acceptors (Lipinski definition) is 3. The van der Waals surface area contributed by atoms with Gasteiger partial charge in [0.05, 0.1) is 0 Å². The Morgan fingerprint density at radius 2 is 2.00 bits per heavy atom. The zero-order valence-electron chi connectivity index (χ0n) is 6.80. The minimum atomic E-state index is -0.836. The van der Waals surface area contributed by atoms with Gasteiger partial charge in [0.1, 0.15) is 5.54 Å². The molecule has 4 heteroatoms. The number of rotatable bonds is 1. The highest BCUT2D eigenvalue weighted by atomic mass is 16.6. The van der Waals surface area contributed by atoms with Gasteiger partial charge in [0.2, 0.25) is 0 Å². The van der Waals surface area contributed by atoms with Crippen LogP contribution in [0.3, 0.4) is 0 Å². The fourth-order valence-corrected chi connectivity index (χ4v) is 0.859. The van der Waals surface area contributed by atoms with Gasteiger partial charge < -0.3 is 10.1 Å². The monoisotopic (exact) mass is 157 g/mol. The smallest absolute Gasteiger partial charge is 0.374 e. The summed E-state index contributed by atoms with van der Waals surface area (Å²) in [5.41, 5.74) is -0.836. The van der Waals surface area contributed by atoms with Crippen LogP contribution in [-0.2, 0) is 9.53 Å². The van der Waals surface area contributed by atoms with Crippen LogP contribution in [0, 0.1) is 5.92 Å². The molecule has 4 nitrogen and oxygen atoms in total. The van der Waals surface area contributed by atoms with E-state index in [0.29, 0.717) is 0 Å². The molecule has 1 unspecified atom stereocenters. The SMILES string of the molecule is CC(C)C1(C)NC(=O)OC1=O. The molecule has 0 aromatic carbocycles. The third kappa shape index (κ3) is 1.08. The van der Waals surface area contributed by atoms with Gasteiger partial charge >= 0.3 is 12.1 Å². The fraction of sp³-hybridized carbons (Fsp3) is 0.714. The maximum Gasteiger partial charge on any atom is 0.415 e. The molecule has 1 aliphatic rings. The van der Waals surface area contributed by atoms with Crippen molar-refractivity contribution in [2.75, 3.05) is 0 Å². The molecule has 0 radical (unpaired) electrons. The molecule has 0 saturated carbocycles. The Labute approximate surface area is 64.9 Å². The molecular weight excluding hydrogens is 146 g/mol. The second-order valence-corrected chi connectivity index (χ2v) is 3.16. The molecule has 1 N–H and O–H groups in total. The van der Waals surface area contributed by atoms with E-state index in [0.717, 1.165) is 0 Å². The van der Waals surface area contributed by atoms with Crippen LogP contribution in [0.25, 0.3) is 0 Å². The first kappa shape index (κ1) is 8.04. The molecule has 1 fully saturated rings. The van der Waals surface area contributed by atoms with Gasteiger partial charge in [-0.3, -0.25) is 0 Å². The highest BCUT2D eigenvalue weighted by Gasteiger charge is 2.46. The highest BCUT2D eigenvalue weighted by Crippen LogP contribution is 2.22. The predicted octanol–water partition coefficient (Wildman–Crippen LogP) is 0.667. The molecule has 0 bridgehead atoms. The summed E-state index contributed by atoms with van der Waals surface area (Å²) >= 11 is 0. The lowest BCUT2D eigenvalue weighted by molar-refractivity contribution is -0.140. The van der Waals surface area contributed by atoms with Crippen LogP contribution in [-0.4, -0.2) is 17.6 Å². The van der Waals surface area contributed by atoms with Gasteiger partial charge in [-0.25, -0.2) is 9.59 Å². The zero-order chi connectivity index (χ0) is 8.65. The van der Waals surface area contributed by atoms with E-state index in [1.807, 2.05) is 13.8 Å². The molecule has 0 aromatic rings. The molecule has 1 aliphatic heterocycles. The molecule has 0 spiro atoms. The van der Waals surface area contributed by atoms with Gasteiger partial charge in [-0.2, -0.15) is 0 Å². The van der Waals surface area contributed by atoms with E-state index in [4.69, 9.17) is 0 Å². The van der Waals surface area contributed by atoms with Gasteiger partial charge in [0.25, 0.3) is 0 Å². The lowest BCUT2D eigenvalue weighted by atomic mass is 9.89. The van der Waals surface area contributed by atoms with Crippen molar-refractivity contribution < 1.29 is 14.3 Å². The topological polar surface area (TPSA) is 55.4 Å². The Bertz CT molecular complexity index is 212. The Kier molecular flexibility index (Phi) is 1.62. The Hall–Kier alpha value is -1.06. The number of amides is 1. The molecule has 1 heterocycles. The minimum absolute atomic E-state index is 0.0430. The van der Waals surface area contributed by atoms with E-state index in [1.54, 1.807) is 6.92 Å². The average molecular weight is 157 g/mol. The van der Waals surface area contributed by atoms with Gasteiger partial charge in [0.15, 0.2) is 0 Å². The van der Waals surface area contributed by atoms with Crippen molar-refractivity contribution in [3.63, 3.8) is 0 Å². The molecule has 1 saturated heterocycles. The highest BCUT2D eigenvalue weighted by molar-refractivity contribution is 5.98. The van der Waals surface area contributed by atoms with Crippen molar-refractivity contribution >= 4 is 12.1 Å². The molecule has 1 amide bonds.